The van der Waals surface area contributed by atoms with Gasteiger partial charge in [-0.2, -0.15) is 13.2 Å². The number of nitrogens with zero attached hydrogens (tertiary/aromatic N) is 2. The molecule has 2 unspecified atom stereocenters. The molecule has 1 heterocycles. The van der Waals surface area contributed by atoms with E-state index in [-0.39, 0.29) is 11.2 Å². The molecule has 1 aromatic heterocycles. The average Bonchev–Trinajstić information content (AvgIpc) is 2.27. The van der Waals surface area contributed by atoms with Gasteiger partial charge in [-0.05, 0) is 13.3 Å². The fourth-order valence-electron chi connectivity index (χ4n) is 1.45. The largest absolute Gasteiger partial charge is 0.434 e. The van der Waals surface area contributed by atoms with Crippen molar-refractivity contribution in [1.82, 2.24) is 9.97 Å². The van der Waals surface area contributed by atoms with Crippen LogP contribution in [0.1, 0.15) is 37.6 Å². The molecular weight excluding hydrogens is 267 g/mol. The molecule has 3 atom stereocenters. The van der Waals surface area contributed by atoms with Crippen LogP contribution in [0, 0.1) is 0 Å². The summed E-state index contributed by atoms with van der Waals surface area (Å²) in [6.45, 7) is 3.49. The number of hydrogen-bond acceptors (Lipinski definition) is 3. The standard InChI is InChI=1S/C10H14F3N3OS/c1-6(3-7(2)18(14)17)8-4-16-9(5-15-8)10(11,12)13/h4-7H,3,14H2,1-2H3/t6-,7?,18?/m0/s1. The zero-order chi connectivity index (χ0) is 13.9. The number of halogens is 3. The fourth-order valence-corrected chi connectivity index (χ4v) is 1.93. The SMILES string of the molecule is CC(C[C@H](C)c1cnc(C(F)(F)F)cn1)S(N)=O. The second-order valence-electron chi connectivity index (χ2n) is 4.10. The van der Waals surface area contributed by atoms with Crippen molar-refractivity contribution < 1.29 is 17.4 Å². The van der Waals surface area contributed by atoms with E-state index in [2.05, 4.69) is 9.97 Å². The number of alkyl halides is 3. The van der Waals surface area contributed by atoms with Gasteiger partial charge in [-0.25, -0.2) is 9.19 Å². The zero-order valence-electron chi connectivity index (χ0n) is 9.94. The molecule has 1 rings (SSSR count). The van der Waals surface area contributed by atoms with Gasteiger partial charge in [0.05, 0.1) is 22.9 Å². The third kappa shape index (κ3) is 4.02. The fraction of sp³-hybridized carbons (Fsp3) is 0.600. The van der Waals surface area contributed by atoms with Crippen LogP contribution in [0.25, 0.3) is 0 Å². The van der Waals surface area contributed by atoms with Crippen molar-refractivity contribution in [2.24, 2.45) is 5.14 Å². The molecule has 4 nitrogen and oxygen atoms in total. The average molecular weight is 281 g/mol. The van der Waals surface area contributed by atoms with Crippen molar-refractivity contribution in [2.75, 3.05) is 0 Å². The number of nitrogens with two attached hydrogens (primary N) is 1. The van der Waals surface area contributed by atoms with E-state index >= 15 is 0 Å². The minimum absolute atomic E-state index is 0.151. The summed E-state index contributed by atoms with van der Waals surface area (Å²) in [6, 6.07) is 0. The molecule has 0 saturated carbocycles. The molecule has 0 aliphatic carbocycles. The highest BCUT2D eigenvalue weighted by molar-refractivity contribution is 7.83. The first-order valence-electron chi connectivity index (χ1n) is 5.26. The van der Waals surface area contributed by atoms with Crippen molar-refractivity contribution in [3.8, 4) is 0 Å². The van der Waals surface area contributed by atoms with E-state index < -0.39 is 22.9 Å². The van der Waals surface area contributed by atoms with Crippen LogP contribution >= 0.6 is 0 Å². The molecule has 1 aromatic rings. The summed E-state index contributed by atoms with van der Waals surface area (Å²) in [6.07, 6.45) is -2.21. The predicted molar refractivity (Wildman–Crippen MR) is 61.9 cm³/mol. The minimum Gasteiger partial charge on any atom is -0.257 e. The lowest BCUT2D eigenvalue weighted by atomic mass is 10.0. The van der Waals surface area contributed by atoms with Gasteiger partial charge in [-0.1, -0.05) is 6.92 Å². The van der Waals surface area contributed by atoms with Gasteiger partial charge >= 0.3 is 6.18 Å². The Morgan fingerprint density at radius 1 is 1.33 bits per heavy atom. The van der Waals surface area contributed by atoms with Crippen molar-refractivity contribution >= 4 is 11.0 Å². The predicted octanol–water partition coefficient (Wildman–Crippen LogP) is 2.00. The molecule has 0 bridgehead atoms. The van der Waals surface area contributed by atoms with Crippen molar-refractivity contribution in [1.29, 1.82) is 0 Å². The smallest absolute Gasteiger partial charge is 0.257 e. The lowest BCUT2D eigenvalue weighted by molar-refractivity contribution is -0.141. The maximum Gasteiger partial charge on any atom is 0.434 e. The molecule has 18 heavy (non-hydrogen) atoms. The summed E-state index contributed by atoms with van der Waals surface area (Å²) in [5.74, 6) is -0.151. The van der Waals surface area contributed by atoms with E-state index in [1.165, 1.54) is 0 Å². The van der Waals surface area contributed by atoms with Gasteiger partial charge < -0.3 is 0 Å². The van der Waals surface area contributed by atoms with Crippen LogP contribution in [-0.2, 0) is 17.2 Å². The summed E-state index contributed by atoms with van der Waals surface area (Å²) < 4.78 is 47.8. The summed E-state index contributed by atoms with van der Waals surface area (Å²) in [7, 11) is -1.45. The first kappa shape index (κ1) is 15.0. The molecule has 0 radical (unpaired) electrons. The van der Waals surface area contributed by atoms with Gasteiger partial charge in [-0.3, -0.25) is 10.1 Å². The highest BCUT2D eigenvalue weighted by Gasteiger charge is 2.32. The molecule has 0 spiro atoms. The lowest BCUT2D eigenvalue weighted by Gasteiger charge is -2.14. The zero-order valence-corrected chi connectivity index (χ0v) is 10.8. The van der Waals surface area contributed by atoms with Crippen LogP contribution in [0.15, 0.2) is 12.4 Å². The minimum atomic E-state index is -4.49. The van der Waals surface area contributed by atoms with E-state index in [1.807, 2.05) is 0 Å². The van der Waals surface area contributed by atoms with Gasteiger partial charge in [0, 0.05) is 17.4 Å². The van der Waals surface area contributed by atoms with Crippen molar-refractivity contribution in [2.45, 2.75) is 37.6 Å². The van der Waals surface area contributed by atoms with Crippen LogP contribution < -0.4 is 5.14 Å². The van der Waals surface area contributed by atoms with E-state index in [9.17, 15) is 17.4 Å². The monoisotopic (exact) mass is 281 g/mol. The Hall–Kier alpha value is -1.02. The lowest BCUT2D eigenvalue weighted by Crippen LogP contribution is -2.20. The van der Waals surface area contributed by atoms with Gasteiger partial charge in [0.2, 0.25) is 0 Å². The van der Waals surface area contributed by atoms with Crippen molar-refractivity contribution in [3.05, 3.63) is 23.8 Å². The van der Waals surface area contributed by atoms with Crippen molar-refractivity contribution in [3.63, 3.8) is 0 Å². The first-order chi connectivity index (χ1) is 8.21. The molecule has 2 N–H and O–H groups in total. The van der Waals surface area contributed by atoms with Crippen LogP contribution in [-0.4, -0.2) is 19.4 Å². The first-order valence-corrected chi connectivity index (χ1v) is 6.53. The summed E-state index contributed by atoms with van der Waals surface area (Å²) in [5, 5.41) is 4.98. The third-order valence-corrected chi connectivity index (χ3v) is 3.53. The summed E-state index contributed by atoms with van der Waals surface area (Å²) >= 11 is 0. The molecule has 0 saturated heterocycles. The Morgan fingerprint density at radius 2 is 1.94 bits per heavy atom. The maximum absolute atomic E-state index is 12.3. The van der Waals surface area contributed by atoms with Gasteiger partial charge in [0.15, 0.2) is 5.69 Å². The Labute approximate surface area is 105 Å². The van der Waals surface area contributed by atoms with Gasteiger partial charge in [0.25, 0.3) is 0 Å². The molecular formula is C10H14F3N3OS. The molecule has 0 aromatic carbocycles. The third-order valence-electron chi connectivity index (χ3n) is 2.55. The van der Waals surface area contributed by atoms with E-state index in [0.717, 1.165) is 6.20 Å². The van der Waals surface area contributed by atoms with E-state index in [1.54, 1.807) is 13.8 Å². The molecule has 0 aliphatic heterocycles. The molecule has 0 amide bonds. The second kappa shape index (κ2) is 5.75. The highest BCUT2D eigenvalue weighted by atomic mass is 32.2. The van der Waals surface area contributed by atoms with E-state index in [4.69, 9.17) is 5.14 Å². The number of rotatable bonds is 4. The van der Waals surface area contributed by atoms with Gasteiger partial charge in [-0.15, -0.1) is 0 Å². The van der Waals surface area contributed by atoms with Crippen LogP contribution in [0.2, 0.25) is 0 Å². The summed E-state index contributed by atoms with van der Waals surface area (Å²) in [5.41, 5.74) is -0.589. The number of hydrogen-bond donors (Lipinski definition) is 1. The Balaban J connectivity index is 2.76. The quantitative estimate of drug-likeness (QED) is 0.917. The topological polar surface area (TPSA) is 68.9 Å². The molecule has 102 valence electrons. The molecule has 0 fully saturated rings. The number of aromatic nitrogens is 2. The highest BCUT2D eigenvalue weighted by Crippen LogP contribution is 2.27. The molecule has 0 aliphatic rings. The molecule has 8 heteroatoms. The Bertz CT molecular complexity index is 421. The maximum atomic E-state index is 12.3. The second-order valence-corrected chi connectivity index (χ2v) is 5.56. The normalized spacial score (nSPS) is 17.2. The van der Waals surface area contributed by atoms with Crippen LogP contribution in [0.5, 0.6) is 0 Å². The van der Waals surface area contributed by atoms with E-state index in [0.29, 0.717) is 18.3 Å². The Kier molecular flexibility index (Phi) is 4.80. The van der Waals surface area contributed by atoms with Gasteiger partial charge in [0.1, 0.15) is 0 Å². The van der Waals surface area contributed by atoms with Crippen LogP contribution in [0.3, 0.4) is 0 Å². The van der Waals surface area contributed by atoms with Crippen LogP contribution in [0.4, 0.5) is 13.2 Å². The summed E-state index contributed by atoms with van der Waals surface area (Å²) in [4.78, 5) is 7.06. The Morgan fingerprint density at radius 3 is 2.33 bits per heavy atom.